The van der Waals surface area contributed by atoms with Gasteiger partial charge in [-0.25, -0.2) is 10.8 Å². The Hall–Kier alpha value is -1.57. The third-order valence-electron chi connectivity index (χ3n) is 1.56. The van der Waals surface area contributed by atoms with Crippen molar-refractivity contribution in [3.05, 3.63) is 11.8 Å². The molecule has 4 N–H and O–H groups in total. The first kappa shape index (κ1) is 11.5. The van der Waals surface area contributed by atoms with Gasteiger partial charge in [0.05, 0.1) is 0 Å². The second-order valence-electron chi connectivity index (χ2n) is 2.84. The molecular weight excluding hydrogens is 211 g/mol. The molecule has 0 unspecified atom stereocenters. The Morgan fingerprint density at radius 3 is 2.67 bits per heavy atom. The van der Waals surface area contributed by atoms with Crippen LogP contribution in [0.4, 0.5) is 24.9 Å². The highest BCUT2D eigenvalue weighted by Gasteiger charge is 2.27. The lowest BCUT2D eigenvalue weighted by molar-refractivity contribution is -0.115. The smallest absolute Gasteiger partial charge is 0.361 e. The number of hydrazine groups is 1. The van der Waals surface area contributed by atoms with Gasteiger partial charge in [-0.3, -0.25) is 5.43 Å². The molecule has 0 fully saturated rings. The van der Waals surface area contributed by atoms with Crippen molar-refractivity contribution in [2.75, 3.05) is 17.3 Å². The van der Waals surface area contributed by atoms with E-state index in [1.54, 1.807) is 6.92 Å². The molecule has 0 aliphatic heterocycles. The van der Waals surface area contributed by atoms with Crippen LogP contribution in [0.1, 0.15) is 5.56 Å². The molecule has 5 nitrogen and oxygen atoms in total. The molecule has 0 aromatic carbocycles. The number of aryl methyl sites for hydroxylation is 1. The number of nitrogens with one attached hydrogen (secondary N) is 2. The number of nitrogens with zero attached hydrogens (tertiary/aromatic N) is 2. The van der Waals surface area contributed by atoms with Crippen LogP contribution in [0, 0.1) is 6.92 Å². The van der Waals surface area contributed by atoms with Gasteiger partial charge in [0.1, 0.15) is 12.4 Å². The van der Waals surface area contributed by atoms with Crippen molar-refractivity contribution in [2.45, 2.75) is 13.1 Å². The zero-order chi connectivity index (χ0) is 11.5. The normalized spacial score (nSPS) is 11.3. The minimum absolute atomic E-state index is 0.0604. The molecule has 0 aliphatic rings. The fraction of sp³-hybridized carbons (Fsp3) is 0.429. The Morgan fingerprint density at radius 1 is 1.47 bits per heavy atom. The highest BCUT2D eigenvalue weighted by molar-refractivity contribution is 5.46. The van der Waals surface area contributed by atoms with Crippen LogP contribution in [0.5, 0.6) is 0 Å². The number of aromatic nitrogens is 2. The third-order valence-corrected chi connectivity index (χ3v) is 1.56. The molecule has 1 rings (SSSR count). The van der Waals surface area contributed by atoms with E-state index in [1.807, 2.05) is 0 Å². The molecule has 0 bridgehead atoms. The molecule has 1 heterocycles. The minimum Gasteiger partial charge on any atom is -0.361 e. The molecule has 1 aromatic heterocycles. The Morgan fingerprint density at radius 2 is 2.13 bits per heavy atom. The number of anilines is 2. The van der Waals surface area contributed by atoms with Gasteiger partial charge >= 0.3 is 6.18 Å². The van der Waals surface area contributed by atoms with E-state index in [0.29, 0.717) is 5.56 Å². The zero-order valence-corrected chi connectivity index (χ0v) is 7.89. The lowest BCUT2D eigenvalue weighted by Gasteiger charge is -2.11. The summed E-state index contributed by atoms with van der Waals surface area (Å²) in [6, 6.07) is 0. The summed E-state index contributed by atoms with van der Waals surface area (Å²) < 4.78 is 35.7. The summed E-state index contributed by atoms with van der Waals surface area (Å²) in [4.78, 5) is 7.47. The Kier molecular flexibility index (Phi) is 3.30. The molecule has 15 heavy (non-hydrogen) atoms. The average Bonchev–Trinajstić information content (AvgIpc) is 2.15. The van der Waals surface area contributed by atoms with Crippen molar-refractivity contribution < 1.29 is 13.2 Å². The fourth-order valence-corrected chi connectivity index (χ4v) is 0.874. The van der Waals surface area contributed by atoms with E-state index >= 15 is 0 Å². The van der Waals surface area contributed by atoms with E-state index in [-0.39, 0.29) is 11.8 Å². The van der Waals surface area contributed by atoms with Crippen molar-refractivity contribution in [3.63, 3.8) is 0 Å². The van der Waals surface area contributed by atoms with E-state index in [1.165, 1.54) is 6.20 Å². The van der Waals surface area contributed by atoms with Crippen LogP contribution in [-0.2, 0) is 0 Å². The summed E-state index contributed by atoms with van der Waals surface area (Å²) in [5.74, 6) is 5.19. The first-order valence-electron chi connectivity index (χ1n) is 4.03. The predicted octanol–water partition coefficient (Wildman–Crippen LogP) is 1.04. The van der Waals surface area contributed by atoms with E-state index in [9.17, 15) is 13.2 Å². The second kappa shape index (κ2) is 4.30. The average molecular weight is 221 g/mol. The SMILES string of the molecule is Cc1cnc(NN)nc1NCC(F)(F)F. The molecule has 0 atom stereocenters. The predicted molar refractivity (Wildman–Crippen MR) is 49.1 cm³/mol. The molecule has 0 spiro atoms. The summed E-state index contributed by atoms with van der Waals surface area (Å²) >= 11 is 0. The molecule has 0 radical (unpaired) electrons. The fourth-order valence-electron chi connectivity index (χ4n) is 0.874. The Labute approximate surface area is 83.9 Å². The van der Waals surface area contributed by atoms with Crippen molar-refractivity contribution in [1.82, 2.24) is 9.97 Å². The summed E-state index contributed by atoms with van der Waals surface area (Å²) in [6.07, 6.45) is -2.91. The van der Waals surface area contributed by atoms with Crippen LogP contribution >= 0.6 is 0 Å². The van der Waals surface area contributed by atoms with Gasteiger partial charge in [-0.1, -0.05) is 0 Å². The Balaban J connectivity index is 2.75. The number of nitrogen functional groups attached to an aromatic ring is 1. The van der Waals surface area contributed by atoms with Crippen molar-refractivity contribution in [2.24, 2.45) is 5.84 Å². The third kappa shape index (κ3) is 3.58. The van der Waals surface area contributed by atoms with Gasteiger partial charge in [0, 0.05) is 11.8 Å². The molecule has 84 valence electrons. The monoisotopic (exact) mass is 221 g/mol. The van der Waals surface area contributed by atoms with Crippen LogP contribution in [0.15, 0.2) is 6.20 Å². The van der Waals surface area contributed by atoms with Gasteiger partial charge in [0.2, 0.25) is 5.95 Å². The number of hydrogen-bond acceptors (Lipinski definition) is 5. The van der Waals surface area contributed by atoms with Crippen LogP contribution < -0.4 is 16.6 Å². The minimum atomic E-state index is -4.28. The summed E-state index contributed by atoms with van der Waals surface area (Å²) in [5, 5.41) is 2.16. The second-order valence-corrected chi connectivity index (χ2v) is 2.84. The molecular formula is C7H10F3N5. The summed E-state index contributed by atoms with van der Waals surface area (Å²) in [7, 11) is 0. The van der Waals surface area contributed by atoms with Gasteiger partial charge in [-0.2, -0.15) is 18.2 Å². The summed E-state index contributed by atoms with van der Waals surface area (Å²) in [6.45, 7) is 0.452. The van der Waals surface area contributed by atoms with Crippen LogP contribution in [0.2, 0.25) is 0 Å². The lowest BCUT2D eigenvalue weighted by Crippen LogP contribution is -2.22. The number of hydrogen-bond donors (Lipinski definition) is 3. The van der Waals surface area contributed by atoms with E-state index in [4.69, 9.17) is 5.84 Å². The Bertz CT molecular complexity index is 338. The maximum atomic E-state index is 11.9. The number of nitrogens with two attached hydrogens (primary N) is 1. The lowest BCUT2D eigenvalue weighted by atomic mass is 10.3. The van der Waals surface area contributed by atoms with Gasteiger partial charge in [-0.15, -0.1) is 0 Å². The van der Waals surface area contributed by atoms with E-state index < -0.39 is 12.7 Å². The van der Waals surface area contributed by atoms with Gasteiger partial charge in [0.15, 0.2) is 0 Å². The van der Waals surface area contributed by atoms with E-state index in [2.05, 4.69) is 20.7 Å². The maximum absolute atomic E-state index is 11.9. The zero-order valence-electron chi connectivity index (χ0n) is 7.89. The molecule has 0 saturated carbocycles. The number of halogens is 3. The van der Waals surface area contributed by atoms with Crippen LogP contribution in [0.3, 0.4) is 0 Å². The molecule has 0 aliphatic carbocycles. The molecule has 0 saturated heterocycles. The molecule has 8 heteroatoms. The highest BCUT2D eigenvalue weighted by atomic mass is 19.4. The molecule has 1 aromatic rings. The standard InChI is InChI=1S/C7H10F3N5/c1-4-2-12-6(15-11)14-5(4)13-3-7(8,9)10/h2H,3,11H2,1H3,(H2,12,13,14,15). The van der Waals surface area contributed by atoms with Crippen molar-refractivity contribution in [1.29, 1.82) is 0 Å². The molecule has 0 amide bonds. The number of alkyl halides is 3. The summed E-state index contributed by atoms with van der Waals surface area (Å²) in [5.41, 5.74) is 2.66. The van der Waals surface area contributed by atoms with Gasteiger partial charge in [0.25, 0.3) is 0 Å². The largest absolute Gasteiger partial charge is 0.405 e. The van der Waals surface area contributed by atoms with Crippen LogP contribution in [0.25, 0.3) is 0 Å². The van der Waals surface area contributed by atoms with E-state index in [0.717, 1.165) is 0 Å². The topological polar surface area (TPSA) is 75.9 Å². The number of rotatable bonds is 3. The van der Waals surface area contributed by atoms with Gasteiger partial charge in [-0.05, 0) is 6.92 Å². The van der Waals surface area contributed by atoms with Crippen molar-refractivity contribution >= 4 is 11.8 Å². The quantitative estimate of drug-likeness (QED) is 0.525. The highest BCUT2D eigenvalue weighted by Crippen LogP contribution is 2.17. The first-order valence-corrected chi connectivity index (χ1v) is 4.03. The maximum Gasteiger partial charge on any atom is 0.405 e. The van der Waals surface area contributed by atoms with Gasteiger partial charge < -0.3 is 5.32 Å². The first-order chi connectivity index (χ1) is 6.92. The van der Waals surface area contributed by atoms with Crippen LogP contribution in [-0.4, -0.2) is 22.7 Å². The van der Waals surface area contributed by atoms with Crippen molar-refractivity contribution in [3.8, 4) is 0 Å².